The Hall–Kier alpha value is -1.02. The zero-order chi connectivity index (χ0) is 19.3. The zero-order valence-corrected chi connectivity index (χ0v) is 17.9. The standard InChI is InChI=1S/C27H36O2/c1-29-19-9-15(24-10-16-11-25(24)22-6-2-4-20(16)22)8-18(13-19)27(28)14-17-12-26(27)23-7-3-5-21(17)23/h8-9,13,16-17,20-26,28H,2-7,10-12,14H2,1H3. The number of benzene rings is 1. The molecule has 6 aliphatic carbocycles. The molecule has 0 aromatic heterocycles. The maximum Gasteiger partial charge on any atom is 0.119 e. The van der Waals surface area contributed by atoms with Crippen LogP contribution in [0.5, 0.6) is 5.75 Å². The molecule has 0 spiro atoms. The molecule has 6 saturated carbocycles. The van der Waals surface area contributed by atoms with E-state index in [0.717, 1.165) is 53.6 Å². The van der Waals surface area contributed by atoms with E-state index in [9.17, 15) is 5.11 Å². The third-order valence-corrected chi connectivity index (χ3v) is 11.0. The molecule has 2 heteroatoms. The highest BCUT2D eigenvalue weighted by atomic mass is 16.5. The monoisotopic (exact) mass is 392 g/mol. The lowest BCUT2D eigenvalue weighted by Crippen LogP contribution is -2.39. The molecule has 0 aliphatic heterocycles. The number of ether oxygens (including phenoxy) is 1. The molecule has 1 aromatic carbocycles. The van der Waals surface area contributed by atoms with Crippen molar-refractivity contribution < 1.29 is 9.84 Å². The van der Waals surface area contributed by atoms with Crippen LogP contribution in [0, 0.1) is 47.3 Å². The molecule has 0 amide bonds. The Balaban J connectivity index is 1.25. The molecule has 2 nitrogen and oxygen atoms in total. The van der Waals surface area contributed by atoms with Gasteiger partial charge in [-0.3, -0.25) is 0 Å². The molecule has 0 radical (unpaired) electrons. The quantitative estimate of drug-likeness (QED) is 0.696. The molecule has 0 saturated heterocycles. The van der Waals surface area contributed by atoms with Gasteiger partial charge >= 0.3 is 0 Å². The van der Waals surface area contributed by atoms with Crippen LogP contribution in [0.15, 0.2) is 18.2 Å². The summed E-state index contributed by atoms with van der Waals surface area (Å²) in [6, 6.07) is 6.93. The molecule has 4 bridgehead atoms. The first kappa shape index (κ1) is 17.6. The third kappa shape index (κ3) is 2.28. The van der Waals surface area contributed by atoms with Crippen molar-refractivity contribution in [3.8, 4) is 5.75 Å². The van der Waals surface area contributed by atoms with E-state index < -0.39 is 5.60 Å². The van der Waals surface area contributed by atoms with Crippen molar-refractivity contribution in [1.29, 1.82) is 0 Å². The molecule has 6 fully saturated rings. The summed E-state index contributed by atoms with van der Waals surface area (Å²) in [4.78, 5) is 0. The number of hydrogen-bond acceptors (Lipinski definition) is 2. The number of methoxy groups -OCH3 is 1. The molecule has 29 heavy (non-hydrogen) atoms. The van der Waals surface area contributed by atoms with Crippen LogP contribution in [0.2, 0.25) is 0 Å². The van der Waals surface area contributed by atoms with E-state index in [1.165, 1.54) is 68.9 Å². The normalized spacial score (nSPS) is 51.6. The van der Waals surface area contributed by atoms with E-state index in [2.05, 4.69) is 18.2 Å². The van der Waals surface area contributed by atoms with Gasteiger partial charge in [0.1, 0.15) is 5.75 Å². The van der Waals surface area contributed by atoms with Crippen LogP contribution in [0.3, 0.4) is 0 Å². The third-order valence-electron chi connectivity index (χ3n) is 11.0. The summed E-state index contributed by atoms with van der Waals surface area (Å²) in [5, 5.41) is 12.0. The average molecular weight is 393 g/mol. The molecular formula is C27H36O2. The molecule has 10 atom stereocenters. The fraction of sp³-hybridized carbons (Fsp3) is 0.778. The van der Waals surface area contributed by atoms with E-state index in [0.29, 0.717) is 11.8 Å². The van der Waals surface area contributed by atoms with Crippen molar-refractivity contribution in [3.63, 3.8) is 0 Å². The van der Waals surface area contributed by atoms with Gasteiger partial charge in [0.15, 0.2) is 0 Å². The van der Waals surface area contributed by atoms with Gasteiger partial charge in [0.25, 0.3) is 0 Å². The predicted octanol–water partition coefficient (Wildman–Crippen LogP) is 5.88. The Morgan fingerprint density at radius 1 is 0.828 bits per heavy atom. The maximum absolute atomic E-state index is 12.0. The van der Waals surface area contributed by atoms with Crippen molar-refractivity contribution in [2.24, 2.45) is 47.3 Å². The summed E-state index contributed by atoms with van der Waals surface area (Å²) >= 11 is 0. The number of hydrogen-bond donors (Lipinski definition) is 1. The molecule has 1 N–H and O–H groups in total. The first-order valence-corrected chi connectivity index (χ1v) is 12.6. The van der Waals surface area contributed by atoms with Crippen molar-refractivity contribution in [2.75, 3.05) is 7.11 Å². The van der Waals surface area contributed by atoms with Gasteiger partial charge in [-0.2, -0.15) is 0 Å². The average Bonchev–Trinajstić information content (AvgIpc) is 3.53. The number of fused-ring (bicyclic) bond motifs is 10. The van der Waals surface area contributed by atoms with E-state index in [-0.39, 0.29) is 0 Å². The highest BCUT2D eigenvalue weighted by Crippen LogP contribution is 2.66. The van der Waals surface area contributed by atoms with E-state index >= 15 is 0 Å². The van der Waals surface area contributed by atoms with E-state index in [1.807, 2.05) is 0 Å². The predicted molar refractivity (Wildman–Crippen MR) is 114 cm³/mol. The Morgan fingerprint density at radius 3 is 2.41 bits per heavy atom. The zero-order valence-electron chi connectivity index (χ0n) is 17.9. The van der Waals surface area contributed by atoms with Gasteiger partial charge in [0.05, 0.1) is 12.7 Å². The van der Waals surface area contributed by atoms with Crippen molar-refractivity contribution in [3.05, 3.63) is 29.3 Å². The molecule has 7 rings (SSSR count). The van der Waals surface area contributed by atoms with Crippen LogP contribution >= 0.6 is 0 Å². The lowest BCUT2D eigenvalue weighted by Gasteiger charge is -2.40. The molecule has 6 aliphatic rings. The SMILES string of the molecule is COc1cc(C2CC3CC2C2CCCC32)cc(C2(O)CC3CC2C2CCCC32)c1. The van der Waals surface area contributed by atoms with Crippen molar-refractivity contribution in [1.82, 2.24) is 0 Å². The van der Waals surface area contributed by atoms with Crippen LogP contribution in [0.25, 0.3) is 0 Å². The van der Waals surface area contributed by atoms with Gasteiger partial charge in [-0.1, -0.05) is 18.9 Å². The second kappa shape index (κ2) is 6.02. The summed E-state index contributed by atoms with van der Waals surface area (Å²) in [6.07, 6.45) is 13.7. The van der Waals surface area contributed by atoms with E-state index in [4.69, 9.17) is 4.74 Å². The van der Waals surface area contributed by atoms with Gasteiger partial charge in [-0.25, -0.2) is 0 Å². The van der Waals surface area contributed by atoms with Crippen LogP contribution in [-0.2, 0) is 5.60 Å². The first-order chi connectivity index (χ1) is 14.2. The first-order valence-electron chi connectivity index (χ1n) is 12.6. The Kier molecular flexibility index (Phi) is 3.66. The Bertz CT molecular complexity index is 832. The molecule has 1 aromatic rings. The van der Waals surface area contributed by atoms with Gasteiger partial charge in [-0.15, -0.1) is 0 Å². The minimum atomic E-state index is -0.604. The molecular weight excluding hydrogens is 356 g/mol. The highest BCUT2D eigenvalue weighted by molar-refractivity contribution is 5.42. The second-order valence-electron chi connectivity index (χ2n) is 11.7. The number of aliphatic hydroxyl groups is 1. The summed E-state index contributed by atoms with van der Waals surface area (Å²) in [6.45, 7) is 0. The summed E-state index contributed by atoms with van der Waals surface area (Å²) in [7, 11) is 1.80. The highest BCUT2D eigenvalue weighted by Gasteiger charge is 2.61. The molecule has 10 unspecified atom stereocenters. The minimum Gasteiger partial charge on any atom is -0.497 e. The van der Waals surface area contributed by atoms with Gasteiger partial charge in [-0.05, 0) is 128 Å². The van der Waals surface area contributed by atoms with Gasteiger partial charge in [0, 0.05) is 0 Å². The fourth-order valence-corrected chi connectivity index (χ4v) is 10.1. The number of rotatable bonds is 3. The van der Waals surface area contributed by atoms with Crippen molar-refractivity contribution in [2.45, 2.75) is 75.7 Å². The van der Waals surface area contributed by atoms with Crippen LogP contribution in [-0.4, -0.2) is 12.2 Å². The van der Waals surface area contributed by atoms with Gasteiger partial charge in [0.2, 0.25) is 0 Å². The summed E-state index contributed by atoms with van der Waals surface area (Å²) in [5.41, 5.74) is 2.07. The van der Waals surface area contributed by atoms with Gasteiger partial charge < -0.3 is 9.84 Å². The van der Waals surface area contributed by atoms with Crippen LogP contribution in [0.4, 0.5) is 0 Å². The smallest absolute Gasteiger partial charge is 0.119 e. The lowest BCUT2D eigenvalue weighted by molar-refractivity contribution is -0.0514. The summed E-state index contributed by atoms with van der Waals surface area (Å²) < 4.78 is 5.78. The topological polar surface area (TPSA) is 29.5 Å². The Morgan fingerprint density at radius 2 is 1.59 bits per heavy atom. The maximum atomic E-state index is 12.0. The van der Waals surface area contributed by atoms with Crippen LogP contribution < -0.4 is 4.74 Å². The lowest BCUT2D eigenvalue weighted by atomic mass is 9.68. The fourth-order valence-electron chi connectivity index (χ4n) is 10.1. The second-order valence-corrected chi connectivity index (χ2v) is 11.7. The van der Waals surface area contributed by atoms with E-state index in [1.54, 1.807) is 7.11 Å². The molecule has 0 heterocycles. The summed E-state index contributed by atoms with van der Waals surface area (Å²) in [5.74, 6) is 8.49. The van der Waals surface area contributed by atoms with Crippen molar-refractivity contribution >= 4 is 0 Å². The Labute approximate surface area is 175 Å². The minimum absolute atomic E-state index is 0.485. The largest absolute Gasteiger partial charge is 0.497 e. The van der Waals surface area contributed by atoms with Crippen LogP contribution in [0.1, 0.15) is 81.3 Å². The molecule has 156 valence electrons.